The minimum atomic E-state index is -1.50. The van der Waals surface area contributed by atoms with Crippen LogP contribution >= 0.6 is 0 Å². The van der Waals surface area contributed by atoms with Crippen LogP contribution < -0.4 is 4.90 Å². The SMILES string of the molecule is O=C1C[C@@H]2OCC=C3CN4CC[C@]56c7ccccc7N1[C@H]5C2[C@H]3C[C@H]46.O=[N+]([O-])O. The fourth-order valence-electron chi connectivity index (χ4n) is 7.51. The number of anilines is 1. The van der Waals surface area contributed by atoms with E-state index in [0.717, 1.165) is 6.54 Å². The third-order valence-electron chi connectivity index (χ3n) is 8.22. The van der Waals surface area contributed by atoms with Crippen molar-refractivity contribution in [2.24, 2.45) is 11.8 Å². The molecule has 4 fully saturated rings. The van der Waals surface area contributed by atoms with E-state index in [1.165, 1.54) is 30.6 Å². The van der Waals surface area contributed by atoms with E-state index >= 15 is 0 Å². The summed E-state index contributed by atoms with van der Waals surface area (Å²) >= 11 is 0. The van der Waals surface area contributed by atoms with Gasteiger partial charge in [-0.05, 0) is 36.9 Å². The third kappa shape index (κ3) is 2.08. The number of carbonyl (C=O) groups is 1. The van der Waals surface area contributed by atoms with Crippen LogP contribution in [-0.4, -0.2) is 59.0 Å². The number of ether oxygens (including phenoxy) is 1. The number of piperidine rings is 2. The number of benzene rings is 1. The van der Waals surface area contributed by atoms with Crippen LogP contribution in [-0.2, 0) is 14.9 Å². The first-order valence-electron chi connectivity index (χ1n) is 10.3. The smallest absolute Gasteiger partial charge is 0.291 e. The second-order valence-electron chi connectivity index (χ2n) is 9.01. The topological polar surface area (TPSA) is 96.2 Å². The number of rotatable bonds is 0. The molecule has 1 aromatic rings. The first-order valence-corrected chi connectivity index (χ1v) is 10.3. The second kappa shape index (κ2) is 5.79. The second-order valence-corrected chi connectivity index (χ2v) is 9.01. The summed E-state index contributed by atoms with van der Waals surface area (Å²) in [5.41, 5.74) is 4.35. The molecule has 8 heteroatoms. The Kier molecular flexibility index (Phi) is 3.48. The number of carbonyl (C=O) groups excluding carboxylic acids is 1. The Balaban J connectivity index is 0.000000382. The molecule has 6 atom stereocenters. The van der Waals surface area contributed by atoms with E-state index < -0.39 is 5.09 Å². The Hall–Kier alpha value is -2.45. The Morgan fingerprint density at radius 1 is 1.31 bits per heavy atom. The summed E-state index contributed by atoms with van der Waals surface area (Å²) in [6, 6.07) is 9.64. The molecular formula is C21H23N3O5. The molecule has 0 radical (unpaired) electrons. The van der Waals surface area contributed by atoms with E-state index in [2.05, 4.69) is 40.1 Å². The molecule has 1 spiro atoms. The molecule has 1 N–H and O–H groups in total. The van der Waals surface area contributed by atoms with Crippen molar-refractivity contribution in [1.29, 1.82) is 0 Å². The molecule has 3 saturated heterocycles. The number of para-hydroxylation sites is 1. The Labute approximate surface area is 167 Å². The maximum absolute atomic E-state index is 13.2. The molecule has 8 nitrogen and oxygen atoms in total. The molecule has 1 aliphatic carbocycles. The van der Waals surface area contributed by atoms with Gasteiger partial charge in [0.05, 0.1) is 25.2 Å². The molecule has 2 bridgehead atoms. The highest BCUT2D eigenvalue weighted by atomic mass is 16.9. The van der Waals surface area contributed by atoms with E-state index in [9.17, 15) is 4.79 Å². The zero-order valence-electron chi connectivity index (χ0n) is 15.9. The highest BCUT2D eigenvalue weighted by Crippen LogP contribution is 2.65. The average Bonchev–Trinajstić information content (AvgIpc) is 3.15. The highest BCUT2D eigenvalue weighted by molar-refractivity contribution is 5.99. The summed E-state index contributed by atoms with van der Waals surface area (Å²) in [5, 5.41) is 13.6. The van der Waals surface area contributed by atoms with Crippen molar-refractivity contribution in [1.82, 2.24) is 4.90 Å². The first kappa shape index (κ1) is 17.4. The number of hydrogen-bond donors (Lipinski definition) is 1. The monoisotopic (exact) mass is 397 g/mol. The first-order chi connectivity index (χ1) is 14.0. The van der Waals surface area contributed by atoms with Gasteiger partial charge in [0.25, 0.3) is 5.09 Å². The molecular weight excluding hydrogens is 374 g/mol. The average molecular weight is 397 g/mol. The van der Waals surface area contributed by atoms with Crippen LogP contribution in [0.2, 0.25) is 0 Å². The van der Waals surface area contributed by atoms with Crippen molar-refractivity contribution in [3.8, 4) is 0 Å². The van der Waals surface area contributed by atoms with Gasteiger partial charge in [-0.25, -0.2) is 0 Å². The molecule has 5 heterocycles. The van der Waals surface area contributed by atoms with E-state index in [1.54, 1.807) is 5.57 Å². The quantitative estimate of drug-likeness (QED) is 0.407. The third-order valence-corrected chi connectivity index (χ3v) is 8.22. The molecule has 0 aromatic heterocycles. The van der Waals surface area contributed by atoms with Crippen LogP contribution in [0.5, 0.6) is 0 Å². The number of amides is 1. The molecule has 1 unspecified atom stereocenters. The zero-order valence-corrected chi connectivity index (χ0v) is 15.9. The lowest BCUT2D eigenvalue weighted by Gasteiger charge is -2.58. The zero-order chi connectivity index (χ0) is 19.9. The fourth-order valence-corrected chi connectivity index (χ4v) is 7.51. The van der Waals surface area contributed by atoms with Crippen LogP contribution in [0.1, 0.15) is 24.8 Å². The summed E-state index contributed by atoms with van der Waals surface area (Å²) in [6.07, 6.45) is 5.43. The lowest BCUT2D eigenvalue weighted by molar-refractivity contribution is -0.742. The van der Waals surface area contributed by atoms with E-state index in [4.69, 9.17) is 20.1 Å². The van der Waals surface area contributed by atoms with Crippen LogP contribution in [0, 0.1) is 22.0 Å². The summed E-state index contributed by atoms with van der Waals surface area (Å²) in [5.74, 6) is 1.35. The Morgan fingerprint density at radius 2 is 2.10 bits per heavy atom. The van der Waals surface area contributed by atoms with E-state index in [1.807, 2.05) is 0 Å². The van der Waals surface area contributed by atoms with Gasteiger partial charge in [0, 0.05) is 29.6 Å². The number of fused-ring (bicyclic) bond motifs is 2. The molecule has 152 valence electrons. The maximum Gasteiger partial charge on any atom is 0.291 e. The van der Waals surface area contributed by atoms with Gasteiger partial charge < -0.3 is 14.8 Å². The number of hydrogen-bond acceptors (Lipinski definition) is 5. The molecule has 1 saturated carbocycles. The summed E-state index contributed by atoms with van der Waals surface area (Å²) < 4.78 is 6.25. The maximum atomic E-state index is 13.2. The van der Waals surface area contributed by atoms with Crippen LogP contribution in [0.25, 0.3) is 0 Å². The van der Waals surface area contributed by atoms with Gasteiger partial charge in [0.15, 0.2) is 0 Å². The van der Waals surface area contributed by atoms with Gasteiger partial charge in [-0.1, -0.05) is 29.8 Å². The predicted octanol–water partition coefficient (Wildman–Crippen LogP) is 1.74. The summed E-state index contributed by atoms with van der Waals surface area (Å²) in [7, 11) is 0. The molecule has 1 amide bonds. The lowest BCUT2D eigenvalue weighted by Crippen LogP contribution is -2.69. The van der Waals surface area contributed by atoms with Crippen molar-refractivity contribution >= 4 is 11.6 Å². The van der Waals surface area contributed by atoms with Gasteiger partial charge in [-0.3, -0.25) is 9.69 Å². The Morgan fingerprint density at radius 3 is 2.93 bits per heavy atom. The predicted molar refractivity (Wildman–Crippen MR) is 102 cm³/mol. The molecule has 7 rings (SSSR count). The Bertz CT molecular complexity index is 944. The molecule has 5 aliphatic heterocycles. The normalized spacial score (nSPS) is 40.4. The largest absolute Gasteiger partial charge is 0.373 e. The fraction of sp³-hybridized carbons (Fsp3) is 0.571. The molecule has 6 aliphatic rings. The molecule has 1 aromatic carbocycles. The van der Waals surface area contributed by atoms with Crippen LogP contribution in [0.15, 0.2) is 35.9 Å². The van der Waals surface area contributed by atoms with Gasteiger partial charge in [0.2, 0.25) is 5.91 Å². The van der Waals surface area contributed by atoms with E-state index in [-0.39, 0.29) is 17.4 Å². The van der Waals surface area contributed by atoms with Gasteiger partial charge in [-0.2, -0.15) is 0 Å². The minimum absolute atomic E-state index is 0.104. The summed E-state index contributed by atoms with van der Waals surface area (Å²) in [6.45, 7) is 2.97. The van der Waals surface area contributed by atoms with Crippen molar-refractivity contribution in [3.05, 3.63) is 51.6 Å². The van der Waals surface area contributed by atoms with Gasteiger partial charge in [-0.15, -0.1) is 10.1 Å². The van der Waals surface area contributed by atoms with Gasteiger partial charge in [0.1, 0.15) is 0 Å². The van der Waals surface area contributed by atoms with Crippen LogP contribution in [0.4, 0.5) is 5.69 Å². The lowest BCUT2D eigenvalue weighted by atomic mass is 9.53. The number of nitrogens with zero attached hydrogens (tertiary/aromatic N) is 3. The summed E-state index contributed by atoms with van der Waals surface area (Å²) in [4.78, 5) is 26.4. The van der Waals surface area contributed by atoms with Crippen molar-refractivity contribution in [3.63, 3.8) is 0 Å². The van der Waals surface area contributed by atoms with E-state index in [0.29, 0.717) is 36.9 Å². The highest BCUT2D eigenvalue weighted by Gasteiger charge is 2.70. The molecule has 29 heavy (non-hydrogen) atoms. The van der Waals surface area contributed by atoms with Crippen molar-refractivity contribution < 1.29 is 19.8 Å². The van der Waals surface area contributed by atoms with Crippen molar-refractivity contribution in [2.75, 3.05) is 24.6 Å². The van der Waals surface area contributed by atoms with Crippen LogP contribution in [0.3, 0.4) is 0 Å². The van der Waals surface area contributed by atoms with Crippen molar-refractivity contribution in [2.45, 2.75) is 42.9 Å². The van der Waals surface area contributed by atoms with Gasteiger partial charge >= 0.3 is 0 Å². The minimum Gasteiger partial charge on any atom is -0.373 e. The standard InChI is InChI=1S/C21H22N2O2.HNO3/c24-18-10-16-19-13-9-17-21(6-7-22(17)11-12(13)5-8-25-16)14-3-1-2-4-15(14)23(18)20(19)21;2-1(3)4/h1-5,13,16-17,19-20H,6-11H2;(H,2,3,4)/t13-,16-,17-,19?,20-,21+;/m0./s1.